The van der Waals surface area contributed by atoms with Crippen molar-refractivity contribution in [1.82, 2.24) is 10.2 Å². The van der Waals surface area contributed by atoms with Crippen molar-refractivity contribution < 1.29 is 0 Å². The maximum atomic E-state index is 5.89. The average molecular weight is 277 g/mol. The van der Waals surface area contributed by atoms with Crippen molar-refractivity contribution in [1.29, 1.82) is 0 Å². The average Bonchev–Trinajstić information content (AvgIpc) is 2.31. The number of rotatable bonds is 2. The molecule has 92 valence electrons. The van der Waals surface area contributed by atoms with Gasteiger partial charge in [-0.05, 0) is 36.0 Å². The van der Waals surface area contributed by atoms with Crippen molar-refractivity contribution in [2.24, 2.45) is 0 Å². The maximum absolute atomic E-state index is 5.89. The summed E-state index contributed by atoms with van der Waals surface area (Å²) in [5.41, 5.74) is 3.45. The summed E-state index contributed by atoms with van der Waals surface area (Å²) in [5, 5.41) is 7.06. The molecule has 1 heterocycles. The Morgan fingerprint density at radius 2 is 1.94 bits per heavy atom. The van der Waals surface area contributed by atoms with Gasteiger partial charge in [0.15, 0.2) is 0 Å². The van der Waals surface area contributed by atoms with Gasteiger partial charge in [0.2, 0.25) is 0 Å². The lowest BCUT2D eigenvalue weighted by atomic mass is 9.80. The first-order valence-corrected chi connectivity index (χ1v) is 6.88. The van der Waals surface area contributed by atoms with Gasteiger partial charge in [-0.1, -0.05) is 54.5 Å². The standard InChI is InChI=1S/C14H13ClN2S/c15-13-8-12(14(18)17-16-13)11-6-4-10(5-7-11)9-2-1-3-9/h4-9H,1-3H2,(H,17,18). The third-order valence-corrected chi connectivity index (χ3v) is 4.08. The van der Waals surface area contributed by atoms with E-state index in [0.29, 0.717) is 9.79 Å². The molecular formula is C14H13ClN2S. The minimum atomic E-state index is 0.432. The van der Waals surface area contributed by atoms with Crippen LogP contribution in [0, 0.1) is 4.64 Å². The number of benzene rings is 1. The van der Waals surface area contributed by atoms with Crippen LogP contribution in [0.15, 0.2) is 30.3 Å². The molecule has 1 aromatic carbocycles. The predicted molar refractivity (Wildman–Crippen MR) is 76.5 cm³/mol. The molecule has 1 fully saturated rings. The highest BCUT2D eigenvalue weighted by Gasteiger charge is 2.19. The van der Waals surface area contributed by atoms with E-state index >= 15 is 0 Å². The van der Waals surface area contributed by atoms with Crippen LogP contribution >= 0.6 is 23.8 Å². The molecule has 1 saturated carbocycles. The van der Waals surface area contributed by atoms with Gasteiger partial charge in [0.05, 0.1) is 0 Å². The smallest absolute Gasteiger partial charge is 0.150 e. The Morgan fingerprint density at radius 1 is 1.22 bits per heavy atom. The number of halogens is 1. The first-order valence-electron chi connectivity index (χ1n) is 6.09. The third-order valence-electron chi connectivity index (χ3n) is 3.57. The molecule has 4 heteroatoms. The molecule has 0 aliphatic heterocycles. The lowest BCUT2D eigenvalue weighted by Gasteiger charge is -2.25. The molecule has 2 nitrogen and oxygen atoms in total. The van der Waals surface area contributed by atoms with Gasteiger partial charge in [0.25, 0.3) is 0 Å². The second-order valence-corrected chi connectivity index (χ2v) is 5.48. The molecule has 1 aliphatic rings. The summed E-state index contributed by atoms with van der Waals surface area (Å²) in [6.07, 6.45) is 4.00. The summed E-state index contributed by atoms with van der Waals surface area (Å²) in [4.78, 5) is 0. The second-order valence-electron chi connectivity index (χ2n) is 4.68. The zero-order valence-corrected chi connectivity index (χ0v) is 11.4. The van der Waals surface area contributed by atoms with Crippen LogP contribution in [0.2, 0.25) is 5.15 Å². The molecule has 0 radical (unpaired) electrons. The summed E-state index contributed by atoms with van der Waals surface area (Å²) in [7, 11) is 0. The molecule has 1 N–H and O–H groups in total. The van der Waals surface area contributed by atoms with E-state index in [4.69, 9.17) is 23.8 Å². The van der Waals surface area contributed by atoms with Crippen LogP contribution in [-0.2, 0) is 0 Å². The second kappa shape index (κ2) is 4.82. The Kier molecular flexibility index (Phi) is 3.18. The van der Waals surface area contributed by atoms with Crippen LogP contribution in [0.3, 0.4) is 0 Å². The molecule has 3 rings (SSSR count). The molecule has 0 unspecified atom stereocenters. The summed E-state index contributed by atoms with van der Waals surface area (Å²) < 4.78 is 0.621. The normalized spacial score (nSPS) is 15.4. The number of hydrogen-bond acceptors (Lipinski definition) is 2. The minimum absolute atomic E-state index is 0.432. The van der Waals surface area contributed by atoms with E-state index in [-0.39, 0.29) is 0 Å². The third kappa shape index (κ3) is 2.20. The fourth-order valence-electron chi connectivity index (χ4n) is 2.27. The Hall–Kier alpha value is -1.19. The fourth-order valence-corrected chi connectivity index (χ4v) is 2.65. The van der Waals surface area contributed by atoms with Crippen molar-refractivity contribution >= 4 is 23.8 Å². The van der Waals surface area contributed by atoms with Crippen LogP contribution in [0.1, 0.15) is 30.7 Å². The van der Waals surface area contributed by atoms with Crippen LogP contribution < -0.4 is 0 Å². The van der Waals surface area contributed by atoms with E-state index in [1.807, 2.05) is 0 Å². The molecule has 0 spiro atoms. The fraction of sp³-hybridized carbons (Fsp3) is 0.286. The Balaban J connectivity index is 1.96. The summed E-state index contributed by atoms with van der Waals surface area (Å²) in [6, 6.07) is 10.4. The molecule has 0 amide bonds. The van der Waals surface area contributed by atoms with E-state index in [2.05, 4.69) is 34.5 Å². The molecule has 18 heavy (non-hydrogen) atoms. The lowest BCUT2D eigenvalue weighted by molar-refractivity contribution is 0.420. The number of aromatic amines is 1. The first kappa shape index (κ1) is 11.9. The number of hydrogen-bond donors (Lipinski definition) is 1. The Morgan fingerprint density at radius 3 is 2.56 bits per heavy atom. The number of H-pyrrole nitrogens is 1. The van der Waals surface area contributed by atoms with Crippen LogP contribution in [-0.4, -0.2) is 10.2 Å². The molecular weight excluding hydrogens is 264 g/mol. The van der Waals surface area contributed by atoms with Gasteiger partial charge in [0, 0.05) is 5.56 Å². The van der Waals surface area contributed by atoms with Gasteiger partial charge in [-0.15, -0.1) is 0 Å². The molecule has 1 aromatic heterocycles. The van der Waals surface area contributed by atoms with E-state index in [1.165, 1.54) is 24.8 Å². The first-order chi connectivity index (χ1) is 8.74. The van der Waals surface area contributed by atoms with Crippen LogP contribution in [0.25, 0.3) is 11.1 Å². The lowest BCUT2D eigenvalue weighted by Crippen LogP contribution is -2.08. The van der Waals surface area contributed by atoms with Gasteiger partial charge in [-0.3, -0.25) is 5.10 Å². The molecule has 2 aromatic rings. The number of nitrogens with zero attached hydrogens (tertiary/aromatic N) is 1. The topological polar surface area (TPSA) is 28.7 Å². The molecule has 1 aliphatic carbocycles. The summed E-state index contributed by atoms with van der Waals surface area (Å²) in [6.45, 7) is 0. The van der Waals surface area contributed by atoms with Gasteiger partial charge in [-0.25, -0.2) is 0 Å². The van der Waals surface area contributed by atoms with Crippen molar-refractivity contribution in [2.75, 3.05) is 0 Å². The highest BCUT2D eigenvalue weighted by Crippen LogP contribution is 2.37. The molecule has 0 atom stereocenters. The van der Waals surface area contributed by atoms with E-state index < -0.39 is 0 Å². The van der Waals surface area contributed by atoms with Crippen LogP contribution in [0.4, 0.5) is 0 Å². The van der Waals surface area contributed by atoms with Crippen molar-refractivity contribution in [3.05, 3.63) is 45.7 Å². The predicted octanol–water partition coefficient (Wildman–Crippen LogP) is 4.73. The van der Waals surface area contributed by atoms with E-state index in [1.54, 1.807) is 6.07 Å². The zero-order valence-electron chi connectivity index (χ0n) is 9.82. The Labute approximate surface area is 116 Å². The minimum Gasteiger partial charge on any atom is -0.266 e. The zero-order chi connectivity index (χ0) is 12.5. The quantitative estimate of drug-likeness (QED) is 0.804. The molecule has 0 bridgehead atoms. The summed E-state index contributed by atoms with van der Waals surface area (Å²) >= 11 is 11.1. The van der Waals surface area contributed by atoms with Gasteiger partial charge >= 0.3 is 0 Å². The summed E-state index contributed by atoms with van der Waals surface area (Å²) in [5.74, 6) is 0.759. The SMILES string of the molecule is S=c1[nH]nc(Cl)cc1-c1ccc(C2CCC2)cc1. The maximum Gasteiger partial charge on any atom is 0.150 e. The largest absolute Gasteiger partial charge is 0.266 e. The van der Waals surface area contributed by atoms with Crippen molar-refractivity contribution in [3.63, 3.8) is 0 Å². The highest BCUT2D eigenvalue weighted by molar-refractivity contribution is 7.71. The van der Waals surface area contributed by atoms with Crippen molar-refractivity contribution in [3.8, 4) is 11.1 Å². The van der Waals surface area contributed by atoms with Gasteiger partial charge < -0.3 is 0 Å². The van der Waals surface area contributed by atoms with Gasteiger partial charge in [0.1, 0.15) is 9.79 Å². The number of aromatic nitrogens is 2. The van der Waals surface area contributed by atoms with Crippen LogP contribution in [0.5, 0.6) is 0 Å². The Bertz CT molecular complexity index is 614. The monoisotopic (exact) mass is 276 g/mol. The van der Waals surface area contributed by atoms with E-state index in [0.717, 1.165) is 17.0 Å². The molecule has 0 saturated heterocycles. The van der Waals surface area contributed by atoms with Crippen molar-refractivity contribution in [2.45, 2.75) is 25.2 Å². The van der Waals surface area contributed by atoms with Gasteiger partial charge in [-0.2, -0.15) is 5.10 Å². The number of nitrogens with one attached hydrogen (secondary N) is 1. The highest BCUT2D eigenvalue weighted by atomic mass is 35.5. The van der Waals surface area contributed by atoms with E-state index in [9.17, 15) is 0 Å².